The van der Waals surface area contributed by atoms with Crippen molar-refractivity contribution in [1.82, 2.24) is 10.2 Å². The number of anilines is 1. The molecule has 4 nitrogen and oxygen atoms in total. The molecule has 1 saturated carbocycles. The minimum atomic E-state index is -4.30. The highest BCUT2D eigenvalue weighted by atomic mass is 127. The predicted molar refractivity (Wildman–Crippen MR) is 105 cm³/mol. The third-order valence-corrected chi connectivity index (χ3v) is 4.75. The van der Waals surface area contributed by atoms with E-state index in [9.17, 15) is 13.2 Å². The molecule has 1 aromatic rings. The molecule has 140 valence electrons. The zero-order valence-electron chi connectivity index (χ0n) is 14.4. The van der Waals surface area contributed by atoms with E-state index in [4.69, 9.17) is 0 Å². The number of guanidine groups is 1. The van der Waals surface area contributed by atoms with Gasteiger partial charge in [-0.1, -0.05) is 13.0 Å². The Morgan fingerprint density at radius 2 is 1.84 bits per heavy atom. The number of piperazine rings is 1. The fourth-order valence-corrected chi connectivity index (χ4v) is 3.04. The van der Waals surface area contributed by atoms with E-state index in [1.54, 1.807) is 13.1 Å². The summed E-state index contributed by atoms with van der Waals surface area (Å²) in [4.78, 5) is 8.51. The number of rotatable bonds is 2. The molecule has 1 aliphatic carbocycles. The fourth-order valence-electron chi connectivity index (χ4n) is 3.04. The molecule has 1 N–H and O–H groups in total. The molecule has 0 spiro atoms. The van der Waals surface area contributed by atoms with Crippen LogP contribution in [-0.4, -0.2) is 50.1 Å². The van der Waals surface area contributed by atoms with Crippen molar-refractivity contribution in [2.24, 2.45) is 10.9 Å². The van der Waals surface area contributed by atoms with Crippen LogP contribution in [0.15, 0.2) is 29.3 Å². The molecule has 1 aromatic carbocycles. The molecule has 1 aliphatic heterocycles. The first-order valence-corrected chi connectivity index (χ1v) is 8.29. The van der Waals surface area contributed by atoms with Crippen molar-refractivity contribution in [2.75, 3.05) is 38.1 Å². The number of alkyl halides is 3. The van der Waals surface area contributed by atoms with Crippen LogP contribution in [0.4, 0.5) is 18.9 Å². The van der Waals surface area contributed by atoms with Crippen LogP contribution in [0, 0.1) is 5.92 Å². The van der Waals surface area contributed by atoms with Gasteiger partial charge >= 0.3 is 6.18 Å². The maximum atomic E-state index is 12.9. The van der Waals surface area contributed by atoms with E-state index in [0.29, 0.717) is 30.7 Å². The first-order chi connectivity index (χ1) is 11.4. The Morgan fingerprint density at radius 1 is 1.20 bits per heavy atom. The zero-order valence-corrected chi connectivity index (χ0v) is 16.7. The van der Waals surface area contributed by atoms with Crippen molar-refractivity contribution < 1.29 is 13.2 Å². The molecule has 0 bridgehead atoms. The lowest BCUT2D eigenvalue weighted by Crippen LogP contribution is -2.53. The second-order valence-electron chi connectivity index (χ2n) is 6.53. The third-order valence-electron chi connectivity index (χ3n) is 4.75. The Balaban J connectivity index is 0.00000225. The number of halogens is 4. The number of nitrogens with one attached hydrogen (secondary N) is 1. The average molecular weight is 468 g/mol. The van der Waals surface area contributed by atoms with Crippen LogP contribution in [0.5, 0.6) is 0 Å². The van der Waals surface area contributed by atoms with Crippen molar-refractivity contribution in [3.63, 3.8) is 0 Å². The molecule has 2 fully saturated rings. The van der Waals surface area contributed by atoms with E-state index in [-0.39, 0.29) is 24.0 Å². The van der Waals surface area contributed by atoms with Crippen molar-refractivity contribution >= 4 is 35.6 Å². The maximum absolute atomic E-state index is 12.9. The molecule has 2 atom stereocenters. The molecule has 1 heterocycles. The van der Waals surface area contributed by atoms with E-state index in [2.05, 4.69) is 22.1 Å². The number of nitrogens with zero attached hydrogens (tertiary/aromatic N) is 3. The van der Waals surface area contributed by atoms with Gasteiger partial charge in [0, 0.05) is 45.0 Å². The van der Waals surface area contributed by atoms with E-state index in [1.165, 1.54) is 18.6 Å². The molecule has 8 heteroatoms. The molecule has 0 radical (unpaired) electrons. The largest absolute Gasteiger partial charge is 0.416 e. The SMILES string of the molecule is CN=C(NC1CC1C)N1CCN(c2cccc(C(F)(F)F)c2)CC1.I. The van der Waals surface area contributed by atoms with Gasteiger partial charge < -0.3 is 15.1 Å². The van der Waals surface area contributed by atoms with Crippen molar-refractivity contribution in [3.05, 3.63) is 29.8 Å². The van der Waals surface area contributed by atoms with Gasteiger partial charge in [0.25, 0.3) is 0 Å². The van der Waals surface area contributed by atoms with Gasteiger partial charge in [0.15, 0.2) is 5.96 Å². The first kappa shape index (κ1) is 20.1. The topological polar surface area (TPSA) is 30.9 Å². The Morgan fingerprint density at radius 3 is 2.36 bits per heavy atom. The van der Waals surface area contributed by atoms with Crippen LogP contribution in [0.1, 0.15) is 18.9 Å². The fraction of sp³-hybridized carbons (Fsp3) is 0.588. The highest BCUT2D eigenvalue weighted by Gasteiger charge is 2.35. The molecule has 3 rings (SSSR count). The van der Waals surface area contributed by atoms with Gasteiger partial charge in [-0.2, -0.15) is 13.2 Å². The lowest BCUT2D eigenvalue weighted by Gasteiger charge is -2.38. The Kier molecular flexibility index (Phi) is 6.45. The second kappa shape index (κ2) is 8.01. The van der Waals surface area contributed by atoms with Crippen LogP contribution in [-0.2, 0) is 6.18 Å². The van der Waals surface area contributed by atoms with Gasteiger partial charge in [-0.15, -0.1) is 24.0 Å². The van der Waals surface area contributed by atoms with Crippen LogP contribution in [0.3, 0.4) is 0 Å². The van der Waals surface area contributed by atoms with E-state index in [0.717, 1.165) is 25.1 Å². The van der Waals surface area contributed by atoms with E-state index < -0.39 is 11.7 Å². The minimum Gasteiger partial charge on any atom is -0.368 e. The molecular formula is C17H24F3IN4. The smallest absolute Gasteiger partial charge is 0.368 e. The molecule has 2 aliphatic rings. The van der Waals surface area contributed by atoms with Gasteiger partial charge in [0.05, 0.1) is 5.56 Å². The van der Waals surface area contributed by atoms with Gasteiger partial charge in [-0.3, -0.25) is 4.99 Å². The summed E-state index contributed by atoms with van der Waals surface area (Å²) >= 11 is 0. The summed E-state index contributed by atoms with van der Waals surface area (Å²) in [5.74, 6) is 1.58. The number of hydrogen-bond donors (Lipinski definition) is 1. The summed E-state index contributed by atoms with van der Waals surface area (Å²) in [6.07, 6.45) is -3.13. The molecule has 0 aromatic heterocycles. The van der Waals surface area contributed by atoms with E-state index >= 15 is 0 Å². The molecular weight excluding hydrogens is 444 g/mol. The average Bonchev–Trinajstić information content (AvgIpc) is 3.27. The first-order valence-electron chi connectivity index (χ1n) is 8.29. The summed E-state index contributed by atoms with van der Waals surface area (Å²) in [6, 6.07) is 6.06. The van der Waals surface area contributed by atoms with Crippen LogP contribution >= 0.6 is 24.0 Å². The highest BCUT2D eigenvalue weighted by Crippen LogP contribution is 2.32. The number of benzene rings is 1. The summed E-state index contributed by atoms with van der Waals surface area (Å²) in [5.41, 5.74) is 0.0332. The van der Waals surface area contributed by atoms with Crippen LogP contribution in [0.25, 0.3) is 0 Å². The van der Waals surface area contributed by atoms with Crippen LogP contribution in [0.2, 0.25) is 0 Å². The Labute approximate surface area is 163 Å². The maximum Gasteiger partial charge on any atom is 0.416 e. The van der Waals surface area contributed by atoms with Gasteiger partial charge in [0.1, 0.15) is 0 Å². The lowest BCUT2D eigenvalue weighted by atomic mass is 10.1. The second-order valence-corrected chi connectivity index (χ2v) is 6.53. The van der Waals surface area contributed by atoms with Crippen molar-refractivity contribution in [2.45, 2.75) is 25.6 Å². The quantitative estimate of drug-likeness (QED) is 0.410. The minimum absolute atomic E-state index is 0. The molecule has 1 saturated heterocycles. The normalized spacial score (nSPS) is 24.0. The summed E-state index contributed by atoms with van der Waals surface area (Å²) in [5, 5.41) is 3.45. The van der Waals surface area contributed by atoms with Gasteiger partial charge in [-0.05, 0) is 30.5 Å². The van der Waals surface area contributed by atoms with Crippen LogP contribution < -0.4 is 10.2 Å². The van der Waals surface area contributed by atoms with Gasteiger partial charge in [0.2, 0.25) is 0 Å². The molecule has 2 unspecified atom stereocenters. The predicted octanol–water partition coefficient (Wildman–Crippen LogP) is 3.43. The number of aliphatic imine (C=N–C) groups is 1. The molecule has 0 amide bonds. The van der Waals surface area contributed by atoms with Crippen molar-refractivity contribution in [1.29, 1.82) is 0 Å². The monoisotopic (exact) mass is 468 g/mol. The third kappa shape index (κ3) is 4.92. The summed E-state index contributed by atoms with van der Waals surface area (Å²) in [6.45, 7) is 5.06. The lowest BCUT2D eigenvalue weighted by molar-refractivity contribution is -0.137. The Hall–Kier alpha value is -1.19. The van der Waals surface area contributed by atoms with Gasteiger partial charge in [-0.25, -0.2) is 0 Å². The molecule has 25 heavy (non-hydrogen) atoms. The standard InChI is InChI=1S/C17H23F3N4.HI/c1-12-10-15(12)22-16(21-2)24-8-6-23(7-9-24)14-5-3-4-13(11-14)17(18,19)20;/h3-5,11-12,15H,6-10H2,1-2H3,(H,21,22);1H. The highest BCUT2D eigenvalue weighted by molar-refractivity contribution is 14.0. The van der Waals surface area contributed by atoms with E-state index in [1.807, 2.05) is 4.90 Å². The summed E-state index contributed by atoms with van der Waals surface area (Å²) < 4.78 is 38.6. The Bertz CT molecular complexity index is 612. The number of hydrogen-bond acceptors (Lipinski definition) is 2. The zero-order chi connectivity index (χ0) is 17.3. The van der Waals surface area contributed by atoms with Crippen molar-refractivity contribution in [3.8, 4) is 0 Å². The summed E-state index contributed by atoms with van der Waals surface area (Å²) in [7, 11) is 1.77.